The van der Waals surface area contributed by atoms with Crippen molar-refractivity contribution in [1.82, 2.24) is 15.3 Å². The summed E-state index contributed by atoms with van der Waals surface area (Å²) in [6.45, 7) is 1.24. The number of aromatic amines is 2. The summed E-state index contributed by atoms with van der Waals surface area (Å²) in [6.07, 6.45) is 2.91. The number of nitrogens with two attached hydrogens (primary N) is 1. The molecule has 6 heteroatoms. The Kier molecular flexibility index (Phi) is 4.95. The lowest BCUT2D eigenvalue weighted by Crippen LogP contribution is -2.25. The third-order valence-corrected chi connectivity index (χ3v) is 3.15. The number of carbonyl (C=O) groups excluding carboxylic acids is 1. The molecule has 0 saturated heterocycles. The van der Waals surface area contributed by atoms with Crippen LogP contribution in [0.4, 0.5) is 0 Å². The predicted molar refractivity (Wildman–Crippen MR) is 78.5 cm³/mol. The third kappa shape index (κ3) is 3.96. The van der Waals surface area contributed by atoms with Gasteiger partial charge in [0.1, 0.15) is 0 Å². The van der Waals surface area contributed by atoms with Gasteiger partial charge in [-0.1, -0.05) is 6.07 Å². The van der Waals surface area contributed by atoms with Crippen LogP contribution in [0.2, 0.25) is 0 Å². The average molecular weight is 276 g/mol. The van der Waals surface area contributed by atoms with Crippen LogP contribution < -0.4 is 16.7 Å². The summed E-state index contributed by atoms with van der Waals surface area (Å²) in [6, 6.07) is 5.79. The van der Waals surface area contributed by atoms with Crippen molar-refractivity contribution in [2.45, 2.75) is 25.7 Å². The Morgan fingerprint density at radius 1 is 1.20 bits per heavy atom. The first kappa shape index (κ1) is 14.3. The number of amides is 1. The van der Waals surface area contributed by atoms with Gasteiger partial charge in [-0.3, -0.25) is 4.79 Å². The number of H-pyrrole nitrogens is 2. The standard InChI is InChI=1S/C14H20N4O2/c15-7-2-8-16-13(19)4-1-3-10-5-6-11-12(9-10)18-14(20)17-11/h5-6,9H,1-4,7-8,15H2,(H,16,19)(H2,17,18,20). The number of benzene rings is 1. The van der Waals surface area contributed by atoms with E-state index in [0.29, 0.717) is 19.5 Å². The van der Waals surface area contributed by atoms with Crippen LogP contribution in [0, 0.1) is 0 Å². The van der Waals surface area contributed by atoms with Crippen LogP contribution in [-0.2, 0) is 11.2 Å². The molecule has 2 rings (SSSR count). The second-order valence-corrected chi connectivity index (χ2v) is 4.80. The van der Waals surface area contributed by atoms with Gasteiger partial charge in [-0.05, 0) is 43.5 Å². The molecule has 0 bridgehead atoms. The molecule has 0 aliphatic heterocycles. The molecule has 20 heavy (non-hydrogen) atoms. The van der Waals surface area contributed by atoms with Crippen molar-refractivity contribution in [3.05, 3.63) is 34.2 Å². The highest BCUT2D eigenvalue weighted by Gasteiger charge is 2.03. The average Bonchev–Trinajstić information content (AvgIpc) is 2.78. The molecular formula is C14H20N4O2. The molecular weight excluding hydrogens is 256 g/mol. The van der Waals surface area contributed by atoms with Crippen molar-refractivity contribution in [1.29, 1.82) is 0 Å². The molecule has 0 spiro atoms. The molecule has 0 fully saturated rings. The van der Waals surface area contributed by atoms with Crippen LogP contribution >= 0.6 is 0 Å². The van der Waals surface area contributed by atoms with E-state index in [4.69, 9.17) is 5.73 Å². The van der Waals surface area contributed by atoms with Crippen LogP contribution in [0.5, 0.6) is 0 Å². The number of hydrogen-bond donors (Lipinski definition) is 4. The highest BCUT2D eigenvalue weighted by Crippen LogP contribution is 2.12. The highest BCUT2D eigenvalue weighted by molar-refractivity contribution is 5.76. The molecule has 0 radical (unpaired) electrons. The summed E-state index contributed by atoms with van der Waals surface area (Å²) in [4.78, 5) is 28.1. The van der Waals surface area contributed by atoms with Crippen molar-refractivity contribution < 1.29 is 4.79 Å². The summed E-state index contributed by atoms with van der Waals surface area (Å²) in [5, 5.41) is 2.83. The predicted octanol–water partition coefficient (Wildman–Crippen LogP) is 0.644. The fraction of sp³-hybridized carbons (Fsp3) is 0.429. The fourth-order valence-electron chi connectivity index (χ4n) is 2.11. The van der Waals surface area contributed by atoms with Gasteiger partial charge in [-0.2, -0.15) is 0 Å². The molecule has 6 nitrogen and oxygen atoms in total. The van der Waals surface area contributed by atoms with E-state index in [9.17, 15) is 9.59 Å². The maximum Gasteiger partial charge on any atom is 0.323 e. The Morgan fingerprint density at radius 3 is 2.80 bits per heavy atom. The lowest BCUT2D eigenvalue weighted by atomic mass is 10.1. The summed E-state index contributed by atoms with van der Waals surface area (Å²) in [7, 11) is 0. The number of imidazole rings is 1. The first-order valence-corrected chi connectivity index (χ1v) is 6.87. The van der Waals surface area contributed by atoms with E-state index in [1.54, 1.807) is 0 Å². The number of rotatable bonds is 7. The maximum atomic E-state index is 11.5. The normalized spacial score (nSPS) is 10.8. The maximum absolute atomic E-state index is 11.5. The Morgan fingerprint density at radius 2 is 2.00 bits per heavy atom. The Labute approximate surface area is 116 Å². The molecule has 1 amide bonds. The van der Waals surface area contributed by atoms with Gasteiger partial charge in [0, 0.05) is 13.0 Å². The van der Waals surface area contributed by atoms with Crippen LogP contribution in [0.25, 0.3) is 11.0 Å². The van der Waals surface area contributed by atoms with Gasteiger partial charge in [0.15, 0.2) is 0 Å². The minimum atomic E-state index is -0.198. The molecule has 0 aliphatic carbocycles. The highest BCUT2D eigenvalue weighted by atomic mass is 16.1. The van der Waals surface area contributed by atoms with Crippen LogP contribution in [-0.4, -0.2) is 29.0 Å². The quantitative estimate of drug-likeness (QED) is 0.558. The summed E-state index contributed by atoms with van der Waals surface area (Å²) < 4.78 is 0. The van der Waals surface area contributed by atoms with Gasteiger partial charge in [-0.25, -0.2) is 4.79 Å². The van der Waals surface area contributed by atoms with Crippen molar-refractivity contribution in [3.8, 4) is 0 Å². The van der Waals surface area contributed by atoms with Crippen molar-refractivity contribution in [2.24, 2.45) is 5.73 Å². The molecule has 1 heterocycles. The Balaban J connectivity index is 1.80. The second-order valence-electron chi connectivity index (χ2n) is 4.80. The molecule has 5 N–H and O–H groups in total. The third-order valence-electron chi connectivity index (χ3n) is 3.15. The first-order valence-electron chi connectivity index (χ1n) is 6.87. The largest absolute Gasteiger partial charge is 0.356 e. The van der Waals surface area contributed by atoms with E-state index in [1.165, 1.54) is 0 Å². The minimum Gasteiger partial charge on any atom is -0.356 e. The number of nitrogens with one attached hydrogen (secondary N) is 3. The summed E-state index contributed by atoms with van der Waals surface area (Å²) in [5.74, 6) is 0.0644. The lowest BCUT2D eigenvalue weighted by molar-refractivity contribution is -0.121. The van der Waals surface area contributed by atoms with E-state index in [0.717, 1.165) is 35.9 Å². The van der Waals surface area contributed by atoms with Gasteiger partial charge < -0.3 is 21.0 Å². The molecule has 1 aromatic carbocycles. The number of aromatic nitrogens is 2. The lowest BCUT2D eigenvalue weighted by Gasteiger charge is -2.04. The Bertz CT molecular complexity index is 629. The number of carbonyl (C=O) groups is 1. The SMILES string of the molecule is NCCCNC(=O)CCCc1ccc2[nH]c(=O)[nH]c2c1. The molecule has 0 unspecified atom stereocenters. The van der Waals surface area contributed by atoms with Gasteiger partial charge in [0.2, 0.25) is 5.91 Å². The van der Waals surface area contributed by atoms with Gasteiger partial charge >= 0.3 is 5.69 Å². The van der Waals surface area contributed by atoms with Gasteiger partial charge in [0.25, 0.3) is 0 Å². The molecule has 0 aliphatic rings. The van der Waals surface area contributed by atoms with Crippen molar-refractivity contribution in [2.75, 3.05) is 13.1 Å². The smallest absolute Gasteiger partial charge is 0.323 e. The van der Waals surface area contributed by atoms with Crippen LogP contribution in [0.3, 0.4) is 0 Å². The van der Waals surface area contributed by atoms with E-state index in [2.05, 4.69) is 15.3 Å². The number of fused-ring (bicyclic) bond motifs is 1. The van der Waals surface area contributed by atoms with Crippen molar-refractivity contribution >= 4 is 16.9 Å². The molecule has 1 aromatic heterocycles. The van der Waals surface area contributed by atoms with Gasteiger partial charge in [0.05, 0.1) is 11.0 Å². The molecule has 0 saturated carbocycles. The monoisotopic (exact) mass is 276 g/mol. The zero-order chi connectivity index (χ0) is 14.4. The second kappa shape index (κ2) is 6.91. The van der Waals surface area contributed by atoms with E-state index in [-0.39, 0.29) is 11.6 Å². The number of aryl methyl sites for hydroxylation is 1. The van der Waals surface area contributed by atoms with Gasteiger partial charge in [-0.15, -0.1) is 0 Å². The summed E-state index contributed by atoms with van der Waals surface area (Å²) in [5.41, 5.74) is 7.88. The topological polar surface area (TPSA) is 104 Å². The van der Waals surface area contributed by atoms with Crippen molar-refractivity contribution in [3.63, 3.8) is 0 Å². The molecule has 108 valence electrons. The number of hydrogen-bond acceptors (Lipinski definition) is 3. The molecule has 0 atom stereocenters. The van der Waals surface area contributed by atoms with Crippen LogP contribution in [0.1, 0.15) is 24.8 Å². The fourth-order valence-corrected chi connectivity index (χ4v) is 2.11. The Hall–Kier alpha value is -2.08. The first-order chi connectivity index (χ1) is 9.69. The summed E-state index contributed by atoms with van der Waals surface area (Å²) >= 11 is 0. The minimum absolute atomic E-state index is 0.0644. The molecule has 2 aromatic rings. The zero-order valence-corrected chi connectivity index (χ0v) is 11.4. The van der Waals surface area contributed by atoms with E-state index >= 15 is 0 Å². The zero-order valence-electron chi connectivity index (χ0n) is 11.4. The van der Waals surface area contributed by atoms with E-state index < -0.39 is 0 Å². The van der Waals surface area contributed by atoms with E-state index in [1.807, 2.05) is 18.2 Å². The van der Waals surface area contributed by atoms with Crippen LogP contribution in [0.15, 0.2) is 23.0 Å².